The fourth-order valence-corrected chi connectivity index (χ4v) is 3.31. The fourth-order valence-electron chi connectivity index (χ4n) is 2.46. The van der Waals surface area contributed by atoms with E-state index in [9.17, 15) is 4.79 Å². The number of rotatable bonds is 5. The maximum absolute atomic E-state index is 12.3. The van der Waals surface area contributed by atoms with E-state index in [-0.39, 0.29) is 5.91 Å². The summed E-state index contributed by atoms with van der Waals surface area (Å²) in [5.41, 5.74) is 0. The van der Waals surface area contributed by atoms with E-state index < -0.39 is 0 Å². The molecule has 0 spiro atoms. The minimum atomic E-state index is 0.237. The molecular formula is C16H24N2O2S. The van der Waals surface area contributed by atoms with Crippen LogP contribution in [0.3, 0.4) is 0 Å². The molecule has 1 aromatic carbocycles. The van der Waals surface area contributed by atoms with Crippen molar-refractivity contribution in [2.75, 3.05) is 45.6 Å². The van der Waals surface area contributed by atoms with Gasteiger partial charge in [-0.3, -0.25) is 4.79 Å². The molecule has 0 saturated carbocycles. The van der Waals surface area contributed by atoms with Gasteiger partial charge < -0.3 is 14.5 Å². The lowest BCUT2D eigenvalue weighted by Gasteiger charge is -2.21. The van der Waals surface area contributed by atoms with Gasteiger partial charge in [-0.1, -0.05) is 13.0 Å². The lowest BCUT2D eigenvalue weighted by Crippen LogP contribution is -2.36. The van der Waals surface area contributed by atoms with Gasteiger partial charge in [-0.15, -0.1) is 11.8 Å². The van der Waals surface area contributed by atoms with Gasteiger partial charge in [0.2, 0.25) is 5.91 Å². The van der Waals surface area contributed by atoms with Crippen LogP contribution in [0.5, 0.6) is 5.75 Å². The highest BCUT2D eigenvalue weighted by Crippen LogP contribution is 2.23. The monoisotopic (exact) mass is 308 g/mol. The third-order valence-corrected chi connectivity index (χ3v) is 4.77. The summed E-state index contributed by atoms with van der Waals surface area (Å²) in [6, 6.07) is 7.86. The topological polar surface area (TPSA) is 32.8 Å². The largest absolute Gasteiger partial charge is 0.497 e. The summed E-state index contributed by atoms with van der Waals surface area (Å²) in [5, 5.41) is 0. The Morgan fingerprint density at radius 3 is 2.90 bits per heavy atom. The molecule has 1 saturated heterocycles. The third-order valence-electron chi connectivity index (χ3n) is 3.79. The summed E-state index contributed by atoms with van der Waals surface area (Å²) in [4.78, 5) is 17.8. The molecule has 0 N–H and O–H groups in total. The molecule has 116 valence electrons. The highest BCUT2D eigenvalue weighted by Gasteiger charge is 2.18. The molecule has 4 nitrogen and oxygen atoms in total. The van der Waals surface area contributed by atoms with E-state index in [4.69, 9.17) is 4.74 Å². The average Bonchev–Trinajstić information content (AvgIpc) is 2.78. The molecule has 0 radical (unpaired) electrons. The van der Waals surface area contributed by atoms with Crippen LogP contribution in [0.1, 0.15) is 13.3 Å². The first kappa shape index (κ1) is 16.2. The summed E-state index contributed by atoms with van der Waals surface area (Å²) in [7, 11) is 1.66. The van der Waals surface area contributed by atoms with Crippen LogP contribution >= 0.6 is 11.8 Å². The van der Waals surface area contributed by atoms with Gasteiger partial charge in [-0.05, 0) is 37.7 Å². The smallest absolute Gasteiger partial charge is 0.232 e. The summed E-state index contributed by atoms with van der Waals surface area (Å²) in [5.74, 6) is 1.57. The molecule has 1 aliphatic rings. The van der Waals surface area contributed by atoms with Crippen LogP contribution in [0.4, 0.5) is 0 Å². The maximum Gasteiger partial charge on any atom is 0.232 e. The highest BCUT2D eigenvalue weighted by atomic mass is 32.2. The van der Waals surface area contributed by atoms with E-state index in [2.05, 4.69) is 11.8 Å². The van der Waals surface area contributed by atoms with E-state index in [1.807, 2.05) is 29.2 Å². The summed E-state index contributed by atoms with van der Waals surface area (Å²) < 4.78 is 5.20. The first-order valence-electron chi connectivity index (χ1n) is 7.50. The average molecular weight is 308 g/mol. The van der Waals surface area contributed by atoms with Gasteiger partial charge in [0.15, 0.2) is 0 Å². The minimum Gasteiger partial charge on any atom is -0.497 e. The second-order valence-electron chi connectivity index (χ2n) is 5.14. The molecule has 1 heterocycles. The van der Waals surface area contributed by atoms with Crippen molar-refractivity contribution in [1.29, 1.82) is 0 Å². The molecule has 1 aromatic rings. The molecule has 0 bridgehead atoms. The van der Waals surface area contributed by atoms with E-state index in [1.54, 1.807) is 18.9 Å². The lowest BCUT2D eigenvalue weighted by atomic mass is 10.3. The van der Waals surface area contributed by atoms with Crippen molar-refractivity contribution in [2.24, 2.45) is 0 Å². The number of ether oxygens (including phenoxy) is 1. The molecule has 1 amide bonds. The van der Waals surface area contributed by atoms with Crippen molar-refractivity contribution in [2.45, 2.75) is 18.2 Å². The van der Waals surface area contributed by atoms with Gasteiger partial charge >= 0.3 is 0 Å². The highest BCUT2D eigenvalue weighted by molar-refractivity contribution is 8.00. The predicted molar refractivity (Wildman–Crippen MR) is 87.0 cm³/mol. The number of hydrogen-bond acceptors (Lipinski definition) is 4. The number of carbonyl (C=O) groups is 1. The van der Waals surface area contributed by atoms with Crippen LogP contribution in [0.2, 0.25) is 0 Å². The molecule has 0 atom stereocenters. The molecule has 0 aliphatic carbocycles. The van der Waals surface area contributed by atoms with E-state index in [1.165, 1.54) is 0 Å². The van der Waals surface area contributed by atoms with Crippen molar-refractivity contribution in [3.8, 4) is 5.75 Å². The van der Waals surface area contributed by atoms with Crippen LogP contribution in [-0.4, -0.2) is 61.3 Å². The van der Waals surface area contributed by atoms with Gasteiger partial charge in [0.1, 0.15) is 5.75 Å². The summed E-state index contributed by atoms with van der Waals surface area (Å²) in [6.07, 6.45) is 1.07. The molecule has 2 rings (SSSR count). The normalized spacial score (nSPS) is 16.6. The van der Waals surface area contributed by atoms with Crippen LogP contribution in [0.25, 0.3) is 0 Å². The quantitative estimate of drug-likeness (QED) is 0.782. The molecule has 21 heavy (non-hydrogen) atoms. The maximum atomic E-state index is 12.3. The van der Waals surface area contributed by atoms with Crippen molar-refractivity contribution in [3.05, 3.63) is 24.3 Å². The fraction of sp³-hybridized carbons (Fsp3) is 0.562. The van der Waals surface area contributed by atoms with Crippen molar-refractivity contribution in [3.63, 3.8) is 0 Å². The Labute approximate surface area is 131 Å². The number of nitrogens with zero attached hydrogens (tertiary/aromatic N) is 2. The zero-order valence-corrected chi connectivity index (χ0v) is 13.7. The first-order chi connectivity index (χ1) is 10.2. The standard InChI is InChI=1S/C16H24N2O2S/c1-3-17-8-5-9-18(11-10-17)16(19)13-21-15-7-4-6-14(12-15)20-2/h4,6-7,12H,3,5,8-11,13H2,1-2H3. The Hall–Kier alpha value is -1.20. The summed E-state index contributed by atoms with van der Waals surface area (Å²) in [6.45, 7) is 7.07. The van der Waals surface area contributed by atoms with Crippen LogP contribution in [0.15, 0.2) is 29.2 Å². The zero-order chi connectivity index (χ0) is 15.1. The molecular weight excluding hydrogens is 284 g/mol. The molecule has 1 fully saturated rings. The Bertz CT molecular complexity index is 467. The molecule has 0 aromatic heterocycles. The number of amides is 1. The Balaban J connectivity index is 1.83. The number of hydrogen-bond donors (Lipinski definition) is 0. The lowest BCUT2D eigenvalue weighted by molar-refractivity contribution is -0.128. The van der Waals surface area contributed by atoms with Crippen LogP contribution < -0.4 is 4.74 Å². The molecule has 1 aliphatic heterocycles. The second kappa shape index (κ2) is 8.29. The minimum absolute atomic E-state index is 0.237. The summed E-state index contributed by atoms with van der Waals surface area (Å²) >= 11 is 1.58. The van der Waals surface area contributed by atoms with Crippen LogP contribution in [-0.2, 0) is 4.79 Å². The molecule has 5 heteroatoms. The third kappa shape index (κ3) is 4.93. The van der Waals surface area contributed by atoms with Gasteiger partial charge in [0.25, 0.3) is 0 Å². The number of likely N-dealkylation sites (N-methyl/N-ethyl adjacent to an activating group) is 1. The second-order valence-corrected chi connectivity index (χ2v) is 6.19. The number of carbonyl (C=O) groups excluding carboxylic acids is 1. The van der Waals surface area contributed by atoms with E-state index in [0.717, 1.165) is 49.8 Å². The predicted octanol–water partition coefficient (Wildman–Crippen LogP) is 2.34. The number of thioether (sulfide) groups is 1. The number of benzene rings is 1. The van der Waals surface area contributed by atoms with Crippen molar-refractivity contribution >= 4 is 17.7 Å². The Morgan fingerprint density at radius 1 is 1.29 bits per heavy atom. The van der Waals surface area contributed by atoms with Crippen molar-refractivity contribution < 1.29 is 9.53 Å². The Kier molecular flexibility index (Phi) is 6.39. The van der Waals surface area contributed by atoms with Gasteiger partial charge in [-0.25, -0.2) is 0 Å². The van der Waals surface area contributed by atoms with E-state index >= 15 is 0 Å². The number of methoxy groups -OCH3 is 1. The zero-order valence-electron chi connectivity index (χ0n) is 12.9. The first-order valence-corrected chi connectivity index (χ1v) is 8.48. The van der Waals surface area contributed by atoms with Gasteiger partial charge in [0, 0.05) is 24.5 Å². The SMILES string of the molecule is CCN1CCCN(C(=O)CSc2cccc(OC)c2)CC1. The van der Waals surface area contributed by atoms with Crippen LogP contribution in [0, 0.1) is 0 Å². The van der Waals surface area contributed by atoms with Crippen molar-refractivity contribution in [1.82, 2.24) is 9.80 Å². The van der Waals surface area contributed by atoms with Gasteiger partial charge in [0.05, 0.1) is 12.9 Å². The van der Waals surface area contributed by atoms with E-state index in [0.29, 0.717) is 5.75 Å². The van der Waals surface area contributed by atoms with Gasteiger partial charge in [-0.2, -0.15) is 0 Å². The molecule has 0 unspecified atom stereocenters. The Morgan fingerprint density at radius 2 is 2.14 bits per heavy atom.